The fraction of sp³-hybridized carbons (Fsp3) is 0.647. The number of methoxy groups -OCH3 is 1. The van der Waals surface area contributed by atoms with Crippen molar-refractivity contribution in [3.05, 3.63) is 28.8 Å². The van der Waals surface area contributed by atoms with E-state index in [1.54, 1.807) is 7.11 Å². The van der Waals surface area contributed by atoms with E-state index in [2.05, 4.69) is 38.2 Å². The molecule has 3 heteroatoms. The Kier molecular flexibility index (Phi) is 8.01. The first kappa shape index (κ1) is 17.3. The molecule has 0 heterocycles. The first-order valence-electron chi connectivity index (χ1n) is 7.74. The van der Waals surface area contributed by atoms with Crippen molar-refractivity contribution in [1.82, 2.24) is 5.32 Å². The van der Waals surface area contributed by atoms with Crippen molar-refractivity contribution in [2.45, 2.75) is 52.5 Å². The molecule has 0 bridgehead atoms. The topological polar surface area (TPSA) is 21.3 Å². The Morgan fingerprint density at radius 2 is 2.00 bits per heavy atom. The van der Waals surface area contributed by atoms with Gasteiger partial charge in [0.05, 0.1) is 12.1 Å². The second-order valence-electron chi connectivity index (χ2n) is 5.24. The lowest BCUT2D eigenvalue weighted by Crippen LogP contribution is -2.28. The van der Waals surface area contributed by atoms with E-state index < -0.39 is 0 Å². The van der Waals surface area contributed by atoms with Crippen LogP contribution < -0.4 is 10.1 Å². The van der Waals surface area contributed by atoms with Gasteiger partial charge < -0.3 is 10.1 Å². The molecule has 0 aliphatic heterocycles. The van der Waals surface area contributed by atoms with Crippen molar-refractivity contribution in [2.75, 3.05) is 13.7 Å². The Morgan fingerprint density at radius 3 is 2.55 bits per heavy atom. The van der Waals surface area contributed by atoms with Crippen LogP contribution in [-0.4, -0.2) is 13.7 Å². The summed E-state index contributed by atoms with van der Waals surface area (Å²) in [6.07, 6.45) is 4.97. The molecule has 0 aromatic heterocycles. The van der Waals surface area contributed by atoms with E-state index >= 15 is 0 Å². The standard InChI is InChI=1S/C17H28ClNO/c1-5-8-9-13(6-2)17(19-7-3)14-10-11-15(18)16(12-14)20-4/h10-13,17,19H,5-9H2,1-4H3. The zero-order valence-electron chi connectivity index (χ0n) is 13.2. The smallest absolute Gasteiger partial charge is 0.137 e. The molecule has 0 saturated heterocycles. The first-order chi connectivity index (χ1) is 9.67. The normalized spacial score (nSPS) is 14.1. The van der Waals surface area contributed by atoms with Crippen LogP contribution in [0.3, 0.4) is 0 Å². The number of hydrogen-bond donors (Lipinski definition) is 1. The summed E-state index contributed by atoms with van der Waals surface area (Å²) in [6.45, 7) is 7.66. The molecule has 2 unspecified atom stereocenters. The van der Waals surface area contributed by atoms with Gasteiger partial charge in [-0.2, -0.15) is 0 Å². The molecule has 2 nitrogen and oxygen atoms in total. The molecule has 0 fully saturated rings. The van der Waals surface area contributed by atoms with Gasteiger partial charge >= 0.3 is 0 Å². The Balaban J connectivity index is 2.98. The highest BCUT2D eigenvalue weighted by atomic mass is 35.5. The van der Waals surface area contributed by atoms with E-state index in [0.29, 0.717) is 17.0 Å². The summed E-state index contributed by atoms with van der Waals surface area (Å²) < 4.78 is 5.35. The third-order valence-electron chi connectivity index (χ3n) is 3.88. The molecule has 1 aromatic rings. The molecule has 114 valence electrons. The monoisotopic (exact) mass is 297 g/mol. The fourth-order valence-corrected chi connectivity index (χ4v) is 2.91. The van der Waals surface area contributed by atoms with Crippen LogP contribution in [0.5, 0.6) is 5.75 Å². The van der Waals surface area contributed by atoms with Crippen molar-refractivity contribution in [1.29, 1.82) is 0 Å². The van der Waals surface area contributed by atoms with Crippen LogP contribution in [0.15, 0.2) is 18.2 Å². The fourth-order valence-electron chi connectivity index (χ4n) is 2.72. The van der Waals surface area contributed by atoms with Gasteiger partial charge in [-0.3, -0.25) is 0 Å². The number of halogens is 1. The van der Waals surface area contributed by atoms with Crippen LogP contribution in [0.4, 0.5) is 0 Å². The van der Waals surface area contributed by atoms with Gasteiger partial charge in [0.25, 0.3) is 0 Å². The lowest BCUT2D eigenvalue weighted by molar-refractivity contribution is 0.326. The highest BCUT2D eigenvalue weighted by molar-refractivity contribution is 6.32. The van der Waals surface area contributed by atoms with Crippen LogP contribution in [0.2, 0.25) is 5.02 Å². The maximum Gasteiger partial charge on any atom is 0.137 e. The maximum absolute atomic E-state index is 6.13. The van der Waals surface area contributed by atoms with Crippen LogP contribution in [0, 0.1) is 5.92 Å². The summed E-state index contributed by atoms with van der Waals surface area (Å²) in [7, 11) is 1.67. The average Bonchev–Trinajstić information content (AvgIpc) is 2.47. The highest BCUT2D eigenvalue weighted by Gasteiger charge is 2.21. The summed E-state index contributed by atoms with van der Waals surface area (Å²) in [6, 6.07) is 6.51. The van der Waals surface area contributed by atoms with Gasteiger partial charge in [0.15, 0.2) is 0 Å². The number of ether oxygens (including phenoxy) is 1. The molecule has 20 heavy (non-hydrogen) atoms. The molecular weight excluding hydrogens is 270 g/mol. The van der Waals surface area contributed by atoms with Gasteiger partial charge in [0.2, 0.25) is 0 Å². The van der Waals surface area contributed by atoms with Gasteiger partial charge in [-0.05, 0) is 36.6 Å². The van der Waals surface area contributed by atoms with Gasteiger partial charge in [0.1, 0.15) is 5.75 Å². The summed E-state index contributed by atoms with van der Waals surface area (Å²) in [5.74, 6) is 1.41. The molecule has 2 atom stereocenters. The van der Waals surface area contributed by atoms with Crippen molar-refractivity contribution in [3.63, 3.8) is 0 Å². The van der Waals surface area contributed by atoms with Crippen molar-refractivity contribution < 1.29 is 4.74 Å². The third-order valence-corrected chi connectivity index (χ3v) is 4.19. The summed E-state index contributed by atoms with van der Waals surface area (Å²) in [5.41, 5.74) is 1.27. The molecule has 0 aliphatic carbocycles. The number of benzene rings is 1. The maximum atomic E-state index is 6.13. The lowest BCUT2D eigenvalue weighted by Gasteiger charge is -2.28. The molecule has 0 saturated carbocycles. The summed E-state index contributed by atoms with van der Waals surface area (Å²) >= 11 is 6.13. The zero-order chi connectivity index (χ0) is 15.0. The van der Waals surface area contributed by atoms with Crippen LogP contribution in [0.25, 0.3) is 0 Å². The van der Waals surface area contributed by atoms with Crippen LogP contribution >= 0.6 is 11.6 Å². The Hall–Kier alpha value is -0.730. The second kappa shape index (κ2) is 9.25. The zero-order valence-corrected chi connectivity index (χ0v) is 14.0. The minimum atomic E-state index is 0.378. The van der Waals surface area contributed by atoms with Crippen molar-refractivity contribution in [3.8, 4) is 5.75 Å². The first-order valence-corrected chi connectivity index (χ1v) is 8.12. The SMILES string of the molecule is CCCCC(CC)C(NCC)c1ccc(Cl)c(OC)c1. The predicted octanol–water partition coefficient (Wildman–Crippen LogP) is 5.22. The molecule has 0 radical (unpaired) electrons. The van der Waals surface area contributed by atoms with E-state index in [1.165, 1.54) is 31.2 Å². The van der Waals surface area contributed by atoms with E-state index in [9.17, 15) is 0 Å². The van der Waals surface area contributed by atoms with Crippen LogP contribution in [0.1, 0.15) is 58.1 Å². The van der Waals surface area contributed by atoms with Gasteiger partial charge in [0, 0.05) is 6.04 Å². The molecular formula is C17H28ClNO. The Morgan fingerprint density at radius 1 is 1.25 bits per heavy atom. The Labute approximate surface area is 128 Å². The minimum Gasteiger partial charge on any atom is -0.495 e. The van der Waals surface area contributed by atoms with Gasteiger partial charge in [-0.15, -0.1) is 0 Å². The largest absolute Gasteiger partial charge is 0.495 e. The highest BCUT2D eigenvalue weighted by Crippen LogP contribution is 2.33. The van der Waals surface area contributed by atoms with Gasteiger partial charge in [-0.25, -0.2) is 0 Å². The van der Waals surface area contributed by atoms with Crippen LogP contribution in [-0.2, 0) is 0 Å². The summed E-state index contributed by atoms with van der Waals surface area (Å²) in [5, 5.41) is 4.31. The molecule has 0 amide bonds. The van der Waals surface area contributed by atoms with Crippen molar-refractivity contribution in [2.24, 2.45) is 5.92 Å². The van der Waals surface area contributed by atoms with Crippen molar-refractivity contribution >= 4 is 11.6 Å². The molecule has 0 spiro atoms. The Bertz CT molecular complexity index is 395. The second-order valence-corrected chi connectivity index (χ2v) is 5.65. The number of unbranched alkanes of at least 4 members (excludes halogenated alkanes) is 1. The lowest BCUT2D eigenvalue weighted by atomic mass is 9.86. The third kappa shape index (κ3) is 4.68. The quantitative estimate of drug-likeness (QED) is 0.675. The predicted molar refractivity (Wildman–Crippen MR) is 87.7 cm³/mol. The molecule has 0 aliphatic rings. The number of hydrogen-bond acceptors (Lipinski definition) is 2. The molecule has 1 aromatic carbocycles. The van der Waals surface area contributed by atoms with E-state index in [1.807, 2.05) is 6.07 Å². The number of nitrogens with one attached hydrogen (secondary N) is 1. The average molecular weight is 298 g/mol. The number of rotatable bonds is 9. The molecule has 1 N–H and O–H groups in total. The van der Waals surface area contributed by atoms with E-state index in [-0.39, 0.29) is 0 Å². The minimum absolute atomic E-state index is 0.378. The molecule has 1 rings (SSSR count). The summed E-state index contributed by atoms with van der Waals surface area (Å²) in [4.78, 5) is 0. The van der Waals surface area contributed by atoms with E-state index in [0.717, 1.165) is 12.3 Å². The van der Waals surface area contributed by atoms with Gasteiger partial charge in [-0.1, -0.05) is 57.7 Å². The van der Waals surface area contributed by atoms with E-state index in [4.69, 9.17) is 16.3 Å².